The van der Waals surface area contributed by atoms with Crippen molar-refractivity contribution in [3.63, 3.8) is 0 Å². The lowest BCUT2D eigenvalue weighted by molar-refractivity contribution is 0.0593. The molecule has 0 amide bonds. The number of hydrogen-bond donors (Lipinski definition) is 1. The molecule has 0 aliphatic rings. The summed E-state index contributed by atoms with van der Waals surface area (Å²) in [7, 11) is 1.29. The van der Waals surface area contributed by atoms with Crippen molar-refractivity contribution in [1.82, 2.24) is 15.1 Å². The molecule has 0 aliphatic carbocycles. The summed E-state index contributed by atoms with van der Waals surface area (Å²) < 4.78 is 9.45. The van der Waals surface area contributed by atoms with Crippen LogP contribution in [0.2, 0.25) is 0 Å². The number of aromatic nitrogens is 3. The Kier molecular flexibility index (Phi) is 3.29. The summed E-state index contributed by atoms with van der Waals surface area (Å²) in [6.45, 7) is 0.416. The SMILES string of the molecule is COC(=O)c1cncc(NCc2ccno2)n1. The van der Waals surface area contributed by atoms with Crippen molar-refractivity contribution in [1.29, 1.82) is 0 Å². The van der Waals surface area contributed by atoms with E-state index in [1.54, 1.807) is 12.3 Å². The molecule has 0 fully saturated rings. The van der Waals surface area contributed by atoms with Gasteiger partial charge in [-0.3, -0.25) is 4.98 Å². The largest absolute Gasteiger partial charge is 0.464 e. The molecule has 17 heavy (non-hydrogen) atoms. The predicted octanol–water partition coefficient (Wildman–Crippen LogP) is 0.863. The van der Waals surface area contributed by atoms with Gasteiger partial charge in [0.1, 0.15) is 5.82 Å². The zero-order valence-corrected chi connectivity index (χ0v) is 9.08. The van der Waals surface area contributed by atoms with E-state index in [4.69, 9.17) is 4.52 Å². The van der Waals surface area contributed by atoms with E-state index in [1.165, 1.54) is 19.5 Å². The Bertz CT molecular complexity index is 498. The van der Waals surface area contributed by atoms with Crippen LogP contribution >= 0.6 is 0 Å². The average Bonchev–Trinajstić information content (AvgIpc) is 2.89. The number of hydrogen-bond acceptors (Lipinski definition) is 7. The Morgan fingerprint density at radius 3 is 3.12 bits per heavy atom. The maximum atomic E-state index is 11.2. The fourth-order valence-corrected chi connectivity index (χ4v) is 1.17. The molecule has 0 spiro atoms. The molecule has 1 N–H and O–H groups in total. The van der Waals surface area contributed by atoms with Gasteiger partial charge in [-0.05, 0) is 0 Å². The van der Waals surface area contributed by atoms with Crippen molar-refractivity contribution >= 4 is 11.8 Å². The van der Waals surface area contributed by atoms with Gasteiger partial charge in [0.15, 0.2) is 11.5 Å². The Hall–Kier alpha value is -2.44. The Balaban J connectivity index is 2.03. The zero-order valence-electron chi connectivity index (χ0n) is 9.08. The summed E-state index contributed by atoms with van der Waals surface area (Å²) in [4.78, 5) is 19.1. The fraction of sp³-hybridized carbons (Fsp3) is 0.200. The van der Waals surface area contributed by atoms with E-state index in [2.05, 4.69) is 25.2 Å². The van der Waals surface area contributed by atoms with Gasteiger partial charge < -0.3 is 14.6 Å². The predicted molar refractivity (Wildman–Crippen MR) is 57.2 cm³/mol. The number of anilines is 1. The van der Waals surface area contributed by atoms with Crippen LogP contribution in [0.25, 0.3) is 0 Å². The number of carbonyl (C=O) groups is 1. The summed E-state index contributed by atoms with van der Waals surface area (Å²) in [5.74, 6) is 0.598. The second-order valence-electron chi connectivity index (χ2n) is 3.11. The molecule has 0 saturated carbocycles. The lowest BCUT2D eigenvalue weighted by Gasteiger charge is -2.03. The summed E-state index contributed by atoms with van der Waals surface area (Å²) in [5.41, 5.74) is 0.148. The second kappa shape index (κ2) is 5.06. The van der Waals surface area contributed by atoms with Crippen LogP contribution in [0.3, 0.4) is 0 Å². The molecule has 0 atom stereocenters. The molecule has 2 aromatic rings. The minimum atomic E-state index is -0.527. The van der Waals surface area contributed by atoms with Gasteiger partial charge in [0.05, 0.1) is 32.2 Å². The first-order valence-electron chi connectivity index (χ1n) is 4.83. The van der Waals surface area contributed by atoms with Gasteiger partial charge in [0, 0.05) is 6.07 Å². The number of carbonyl (C=O) groups excluding carboxylic acids is 1. The highest BCUT2D eigenvalue weighted by Gasteiger charge is 2.08. The first kappa shape index (κ1) is 11.1. The molecule has 0 saturated heterocycles. The molecule has 0 bridgehead atoms. The Morgan fingerprint density at radius 2 is 2.41 bits per heavy atom. The highest BCUT2D eigenvalue weighted by atomic mass is 16.5. The quantitative estimate of drug-likeness (QED) is 0.784. The molecular formula is C10H10N4O3. The van der Waals surface area contributed by atoms with Gasteiger partial charge in [-0.1, -0.05) is 5.16 Å². The first-order chi connectivity index (χ1) is 8.29. The highest BCUT2D eigenvalue weighted by Crippen LogP contribution is 2.06. The van der Waals surface area contributed by atoms with Crippen molar-refractivity contribution in [3.05, 3.63) is 36.1 Å². The van der Waals surface area contributed by atoms with Gasteiger partial charge >= 0.3 is 5.97 Å². The Morgan fingerprint density at radius 1 is 1.53 bits per heavy atom. The van der Waals surface area contributed by atoms with Gasteiger partial charge in [-0.2, -0.15) is 0 Å². The third-order valence-electron chi connectivity index (χ3n) is 1.96. The minimum Gasteiger partial charge on any atom is -0.464 e. The van der Waals surface area contributed by atoms with Crippen LogP contribution in [0.4, 0.5) is 5.82 Å². The van der Waals surface area contributed by atoms with Crippen LogP contribution in [0.1, 0.15) is 16.2 Å². The van der Waals surface area contributed by atoms with Crippen LogP contribution in [-0.2, 0) is 11.3 Å². The standard InChI is InChI=1S/C10H10N4O3/c1-16-10(15)8-5-11-6-9(14-8)12-4-7-2-3-13-17-7/h2-3,5-6H,4H2,1H3,(H,12,14). The molecular weight excluding hydrogens is 224 g/mol. The van der Waals surface area contributed by atoms with Crippen molar-refractivity contribution in [3.8, 4) is 0 Å². The number of methoxy groups -OCH3 is 1. The third-order valence-corrected chi connectivity index (χ3v) is 1.96. The summed E-state index contributed by atoms with van der Waals surface area (Å²) in [6, 6.07) is 1.73. The topological polar surface area (TPSA) is 90.1 Å². The maximum absolute atomic E-state index is 11.2. The van der Waals surface area contributed by atoms with Gasteiger partial charge in [-0.25, -0.2) is 9.78 Å². The van der Waals surface area contributed by atoms with Crippen LogP contribution < -0.4 is 5.32 Å². The van der Waals surface area contributed by atoms with E-state index >= 15 is 0 Å². The van der Waals surface area contributed by atoms with E-state index in [-0.39, 0.29) is 5.69 Å². The lowest BCUT2D eigenvalue weighted by Crippen LogP contribution is -2.08. The second-order valence-corrected chi connectivity index (χ2v) is 3.11. The van der Waals surface area contributed by atoms with E-state index in [0.717, 1.165) is 0 Å². The molecule has 2 aromatic heterocycles. The van der Waals surface area contributed by atoms with Crippen LogP contribution in [0.15, 0.2) is 29.2 Å². The average molecular weight is 234 g/mol. The van der Waals surface area contributed by atoms with Gasteiger partial charge in [0.25, 0.3) is 0 Å². The normalized spacial score (nSPS) is 9.94. The molecule has 88 valence electrons. The summed E-state index contributed by atoms with van der Waals surface area (Å²) >= 11 is 0. The third kappa shape index (κ3) is 2.77. The molecule has 0 unspecified atom stereocenters. The number of ether oxygens (including phenoxy) is 1. The number of esters is 1. The monoisotopic (exact) mass is 234 g/mol. The van der Waals surface area contributed by atoms with E-state index in [9.17, 15) is 4.79 Å². The van der Waals surface area contributed by atoms with Gasteiger partial charge in [0.2, 0.25) is 0 Å². The van der Waals surface area contributed by atoms with Crippen LogP contribution in [0, 0.1) is 0 Å². The molecule has 2 rings (SSSR count). The minimum absolute atomic E-state index is 0.148. The number of nitrogens with zero attached hydrogens (tertiary/aromatic N) is 3. The molecule has 7 nitrogen and oxygen atoms in total. The molecule has 0 radical (unpaired) electrons. The van der Waals surface area contributed by atoms with E-state index < -0.39 is 5.97 Å². The molecule has 7 heteroatoms. The number of nitrogens with one attached hydrogen (secondary N) is 1. The fourth-order valence-electron chi connectivity index (χ4n) is 1.17. The highest BCUT2D eigenvalue weighted by molar-refractivity contribution is 5.87. The maximum Gasteiger partial charge on any atom is 0.358 e. The summed E-state index contributed by atoms with van der Waals surface area (Å²) in [5, 5.41) is 6.52. The smallest absolute Gasteiger partial charge is 0.358 e. The molecule has 2 heterocycles. The van der Waals surface area contributed by atoms with Crippen LogP contribution in [-0.4, -0.2) is 28.2 Å². The van der Waals surface area contributed by atoms with Crippen molar-refractivity contribution in [2.24, 2.45) is 0 Å². The van der Waals surface area contributed by atoms with E-state index in [1.807, 2.05) is 0 Å². The van der Waals surface area contributed by atoms with Crippen molar-refractivity contribution < 1.29 is 14.1 Å². The van der Waals surface area contributed by atoms with Crippen molar-refractivity contribution in [2.75, 3.05) is 12.4 Å². The zero-order chi connectivity index (χ0) is 12.1. The van der Waals surface area contributed by atoms with Gasteiger partial charge in [-0.15, -0.1) is 0 Å². The number of rotatable bonds is 4. The van der Waals surface area contributed by atoms with E-state index in [0.29, 0.717) is 18.1 Å². The van der Waals surface area contributed by atoms with Crippen LogP contribution in [0.5, 0.6) is 0 Å². The molecule has 0 aromatic carbocycles. The summed E-state index contributed by atoms with van der Waals surface area (Å²) in [6.07, 6.45) is 4.39. The molecule has 0 aliphatic heterocycles. The van der Waals surface area contributed by atoms with Crippen molar-refractivity contribution in [2.45, 2.75) is 6.54 Å². The Labute approximate surface area is 96.8 Å². The first-order valence-corrected chi connectivity index (χ1v) is 4.83. The lowest BCUT2D eigenvalue weighted by atomic mass is 10.4.